The quantitative estimate of drug-likeness (QED) is 0.565. The summed E-state index contributed by atoms with van der Waals surface area (Å²) >= 11 is 0. The van der Waals surface area contributed by atoms with Gasteiger partial charge in [0, 0.05) is 12.6 Å². The van der Waals surface area contributed by atoms with E-state index in [0.29, 0.717) is 6.54 Å². The molecule has 0 spiro atoms. The van der Waals surface area contributed by atoms with Gasteiger partial charge in [0.05, 0.1) is 12.2 Å². The largest absolute Gasteiger partial charge is 0.392 e. The van der Waals surface area contributed by atoms with Crippen LogP contribution in [0.25, 0.3) is 0 Å². The van der Waals surface area contributed by atoms with Crippen molar-refractivity contribution in [3.63, 3.8) is 0 Å². The molecule has 71 valence electrons. The Balaban J connectivity index is 2.20. The van der Waals surface area contributed by atoms with Gasteiger partial charge in [-0.3, -0.25) is 0 Å². The van der Waals surface area contributed by atoms with E-state index in [0.717, 1.165) is 19.3 Å². The van der Waals surface area contributed by atoms with Crippen molar-refractivity contribution in [1.29, 1.82) is 0 Å². The van der Waals surface area contributed by atoms with Crippen LogP contribution in [-0.4, -0.2) is 35.0 Å². The van der Waals surface area contributed by atoms with E-state index >= 15 is 0 Å². The highest BCUT2D eigenvalue weighted by Gasteiger charge is 2.22. The molecule has 0 aliphatic heterocycles. The molecule has 1 rings (SSSR count). The van der Waals surface area contributed by atoms with Crippen molar-refractivity contribution in [1.82, 2.24) is 5.32 Å². The van der Waals surface area contributed by atoms with Crippen LogP contribution in [0.5, 0.6) is 0 Å². The molecule has 3 unspecified atom stereocenters. The molecule has 0 bridgehead atoms. The van der Waals surface area contributed by atoms with Crippen LogP contribution in [0.15, 0.2) is 0 Å². The first-order valence-electron chi connectivity index (χ1n) is 4.63. The molecule has 0 aromatic rings. The van der Waals surface area contributed by atoms with Crippen molar-refractivity contribution >= 4 is 0 Å². The van der Waals surface area contributed by atoms with Crippen LogP contribution in [0, 0.1) is 6.42 Å². The lowest BCUT2D eigenvalue weighted by atomic mass is 9.92. The average molecular weight is 172 g/mol. The van der Waals surface area contributed by atoms with E-state index in [9.17, 15) is 5.11 Å². The van der Waals surface area contributed by atoms with Gasteiger partial charge in [-0.2, -0.15) is 0 Å². The summed E-state index contributed by atoms with van der Waals surface area (Å²) in [5, 5.41) is 21.6. The number of hydrogen-bond acceptors (Lipinski definition) is 3. The average Bonchev–Trinajstić information content (AvgIpc) is 2.03. The van der Waals surface area contributed by atoms with Crippen molar-refractivity contribution in [2.45, 2.75) is 44.4 Å². The van der Waals surface area contributed by atoms with Crippen LogP contribution in [0.3, 0.4) is 0 Å². The number of aliphatic hydroxyl groups is 2. The van der Waals surface area contributed by atoms with Gasteiger partial charge in [-0.15, -0.1) is 0 Å². The zero-order valence-electron chi connectivity index (χ0n) is 7.53. The third kappa shape index (κ3) is 3.09. The van der Waals surface area contributed by atoms with E-state index in [4.69, 9.17) is 5.11 Å². The lowest BCUT2D eigenvalue weighted by molar-refractivity contribution is 0.116. The molecule has 3 heteroatoms. The Morgan fingerprint density at radius 1 is 1.67 bits per heavy atom. The fraction of sp³-hybridized carbons (Fsp3) is 0.889. The first-order chi connectivity index (χ1) is 5.70. The standard InChI is InChI=1S/C9H18NO2/c1-7(11)6-10-8-4-2-3-5-9(8)12/h5,7-12H,2-4,6H2,1H3. The normalized spacial score (nSPS) is 33.2. The number of rotatable bonds is 3. The van der Waals surface area contributed by atoms with E-state index in [1.807, 2.05) is 6.42 Å². The number of aliphatic hydroxyl groups excluding tert-OH is 2. The highest BCUT2D eigenvalue weighted by molar-refractivity contribution is 4.91. The Morgan fingerprint density at radius 2 is 2.42 bits per heavy atom. The lowest BCUT2D eigenvalue weighted by Gasteiger charge is -2.28. The first kappa shape index (κ1) is 9.96. The fourth-order valence-electron chi connectivity index (χ4n) is 1.51. The van der Waals surface area contributed by atoms with E-state index in [2.05, 4.69) is 5.32 Å². The van der Waals surface area contributed by atoms with Crippen LogP contribution >= 0.6 is 0 Å². The Hall–Kier alpha value is -0.120. The first-order valence-corrected chi connectivity index (χ1v) is 4.63. The fourth-order valence-corrected chi connectivity index (χ4v) is 1.51. The molecular formula is C9H18NO2. The molecule has 3 N–H and O–H groups in total. The molecule has 0 aromatic heterocycles. The molecule has 12 heavy (non-hydrogen) atoms. The summed E-state index contributed by atoms with van der Waals surface area (Å²) in [4.78, 5) is 0. The van der Waals surface area contributed by atoms with Gasteiger partial charge in [0.15, 0.2) is 0 Å². The second-order valence-electron chi connectivity index (χ2n) is 3.52. The van der Waals surface area contributed by atoms with Gasteiger partial charge in [0.1, 0.15) is 0 Å². The summed E-state index contributed by atoms with van der Waals surface area (Å²) in [6, 6.07) is 0.147. The van der Waals surface area contributed by atoms with E-state index in [1.54, 1.807) is 6.92 Å². The van der Waals surface area contributed by atoms with Crippen molar-refractivity contribution in [3.8, 4) is 0 Å². The van der Waals surface area contributed by atoms with Crippen molar-refractivity contribution in [3.05, 3.63) is 6.42 Å². The Bertz CT molecular complexity index is 128. The summed E-state index contributed by atoms with van der Waals surface area (Å²) in [5.41, 5.74) is 0. The van der Waals surface area contributed by atoms with E-state index < -0.39 is 0 Å². The van der Waals surface area contributed by atoms with Crippen LogP contribution in [0.4, 0.5) is 0 Å². The maximum absolute atomic E-state index is 9.48. The summed E-state index contributed by atoms with van der Waals surface area (Å²) in [7, 11) is 0. The number of hydrogen-bond donors (Lipinski definition) is 3. The Morgan fingerprint density at radius 3 is 3.00 bits per heavy atom. The van der Waals surface area contributed by atoms with Crippen LogP contribution in [0.2, 0.25) is 0 Å². The molecule has 0 aromatic carbocycles. The van der Waals surface area contributed by atoms with Gasteiger partial charge in [-0.25, -0.2) is 0 Å². The SMILES string of the molecule is CC(O)CNC1CCC[CH]C1O. The van der Waals surface area contributed by atoms with Gasteiger partial charge in [-0.1, -0.05) is 6.42 Å². The van der Waals surface area contributed by atoms with E-state index in [-0.39, 0.29) is 18.2 Å². The van der Waals surface area contributed by atoms with E-state index in [1.165, 1.54) is 0 Å². The van der Waals surface area contributed by atoms with Crippen molar-refractivity contribution in [2.24, 2.45) is 0 Å². The maximum atomic E-state index is 9.48. The van der Waals surface area contributed by atoms with Gasteiger partial charge in [0.2, 0.25) is 0 Å². The summed E-state index contributed by atoms with van der Waals surface area (Å²) in [5.74, 6) is 0. The molecule has 1 aliphatic rings. The van der Waals surface area contributed by atoms with Crippen molar-refractivity contribution < 1.29 is 10.2 Å². The minimum absolute atomic E-state index is 0.147. The third-order valence-electron chi connectivity index (χ3n) is 2.22. The predicted molar refractivity (Wildman–Crippen MR) is 47.6 cm³/mol. The second kappa shape index (κ2) is 4.80. The minimum Gasteiger partial charge on any atom is -0.392 e. The molecule has 1 aliphatic carbocycles. The number of nitrogens with one attached hydrogen (secondary N) is 1. The molecule has 0 amide bonds. The lowest BCUT2D eigenvalue weighted by Crippen LogP contribution is -2.44. The molecule has 3 nitrogen and oxygen atoms in total. The minimum atomic E-state index is -0.336. The molecule has 1 saturated carbocycles. The van der Waals surface area contributed by atoms with Gasteiger partial charge in [-0.05, 0) is 26.2 Å². The van der Waals surface area contributed by atoms with Crippen LogP contribution in [-0.2, 0) is 0 Å². The predicted octanol–water partition coefficient (Wildman–Crippen LogP) is 0.0745. The van der Waals surface area contributed by atoms with Crippen molar-refractivity contribution in [2.75, 3.05) is 6.54 Å². The van der Waals surface area contributed by atoms with Crippen LogP contribution < -0.4 is 5.32 Å². The monoisotopic (exact) mass is 172 g/mol. The zero-order chi connectivity index (χ0) is 8.97. The molecular weight excluding hydrogens is 154 g/mol. The zero-order valence-corrected chi connectivity index (χ0v) is 7.53. The highest BCUT2D eigenvalue weighted by Crippen LogP contribution is 2.17. The smallest absolute Gasteiger partial charge is 0.0724 e. The molecule has 1 fully saturated rings. The summed E-state index contributed by atoms with van der Waals surface area (Å²) in [6.07, 6.45) is 4.41. The molecule has 1 radical (unpaired) electrons. The maximum Gasteiger partial charge on any atom is 0.0724 e. The third-order valence-corrected chi connectivity index (χ3v) is 2.22. The summed E-state index contributed by atoms with van der Waals surface area (Å²) < 4.78 is 0. The molecule has 0 heterocycles. The molecule has 0 saturated heterocycles. The highest BCUT2D eigenvalue weighted by atomic mass is 16.3. The Labute approximate surface area is 73.8 Å². The second-order valence-corrected chi connectivity index (χ2v) is 3.52. The summed E-state index contributed by atoms with van der Waals surface area (Å²) in [6.45, 7) is 2.31. The van der Waals surface area contributed by atoms with Gasteiger partial charge in [0.25, 0.3) is 0 Å². The topological polar surface area (TPSA) is 52.5 Å². The Kier molecular flexibility index (Phi) is 3.98. The van der Waals surface area contributed by atoms with Gasteiger partial charge >= 0.3 is 0 Å². The van der Waals surface area contributed by atoms with Crippen LogP contribution in [0.1, 0.15) is 26.2 Å². The van der Waals surface area contributed by atoms with Gasteiger partial charge < -0.3 is 15.5 Å². The molecule has 3 atom stereocenters.